The summed E-state index contributed by atoms with van der Waals surface area (Å²) >= 11 is 0. The highest BCUT2D eigenvalue weighted by Crippen LogP contribution is 2.31. The Morgan fingerprint density at radius 2 is 1.75 bits per heavy atom. The molecule has 16 heavy (non-hydrogen) atoms. The van der Waals surface area contributed by atoms with Crippen molar-refractivity contribution in [3.8, 4) is 0 Å². The van der Waals surface area contributed by atoms with Gasteiger partial charge in [0.2, 0.25) is 0 Å². The summed E-state index contributed by atoms with van der Waals surface area (Å²) in [4.78, 5) is 23.7. The Labute approximate surface area is 91.4 Å². The van der Waals surface area contributed by atoms with Gasteiger partial charge in [0.05, 0.1) is 15.9 Å². The number of nitro groups is 2. The SMILES string of the molecule is CC(C)(C)c1ncc([N+](=O)[O-])cc1[N+](=O)[O-]. The molecular weight excluding hydrogens is 214 g/mol. The first-order valence-corrected chi connectivity index (χ1v) is 4.53. The molecule has 1 aromatic heterocycles. The maximum atomic E-state index is 10.8. The first-order valence-electron chi connectivity index (χ1n) is 4.53. The molecule has 0 radical (unpaired) electrons. The molecule has 1 aromatic rings. The van der Waals surface area contributed by atoms with Crippen LogP contribution in [0.2, 0.25) is 0 Å². The maximum Gasteiger partial charge on any atom is 0.298 e. The van der Waals surface area contributed by atoms with Crippen LogP contribution in [0, 0.1) is 20.2 Å². The van der Waals surface area contributed by atoms with Gasteiger partial charge in [-0.15, -0.1) is 0 Å². The molecular formula is C9H11N3O4. The number of pyridine rings is 1. The fourth-order valence-corrected chi connectivity index (χ4v) is 1.26. The van der Waals surface area contributed by atoms with Gasteiger partial charge in [-0.3, -0.25) is 20.2 Å². The molecule has 86 valence electrons. The van der Waals surface area contributed by atoms with E-state index in [4.69, 9.17) is 0 Å². The van der Waals surface area contributed by atoms with Gasteiger partial charge in [-0.1, -0.05) is 20.8 Å². The van der Waals surface area contributed by atoms with Gasteiger partial charge in [-0.05, 0) is 0 Å². The fourth-order valence-electron chi connectivity index (χ4n) is 1.26. The number of hydrogen-bond donors (Lipinski definition) is 0. The standard InChI is InChI=1S/C9H11N3O4/c1-9(2,3)8-7(12(15)16)4-6(5-10-8)11(13)14/h4-5H,1-3H3. The summed E-state index contributed by atoms with van der Waals surface area (Å²) in [5.41, 5.74) is -0.984. The molecule has 0 fully saturated rings. The van der Waals surface area contributed by atoms with Crippen molar-refractivity contribution in [1.82, 2.24) is 4.98 Å². The Morgan fingerprint density at radius 3 is 2.12 bits per heavy atom. The van der Waals surface area contributed by atoms with Crippen LogP contribution in [0.4, 0.5) is 11.4 Å². The summed E-state index contributed by atoms with van der Waals surface area (Å²) < 4.78 is 0. The summed E-state index contributed by atoms with van der Waals surface area (Å²) in [6.07, 6.45) is 1.04. The molecule has 0 saturated heterocycles. The van der Waals surface area contributed by atoms with Gasteiger partial charge in [-0.2, -0.15) is 0 Å². The topological polar surface area (TPSA) is 99.2 Å². The average Bonchev–Trinajstić information content (AvgIpc) is 2.15. The summed E-state index contributed by atoms with van der Waals surface area (Å²) in [5, 5.41) is 21.3. The molecule has 0 bridgehead atoms. The van der Waals surface area contributed by atoms with E-state index in [0.717, 1.165) is 12.3 Å². The van der Waals surface area contributed by atoms with E-state index in [1.54, 1.807) is 20.8 Å². The second-order valence-corrected chi connectivity index (χ2v) is 4.33. The Hall–Kier alpha value is -2.05. The second kappa shape index (κ2) is 3.84. The summed E-state index contributed by atoms with van der Waals surface area (Å²) in [5.74, 6) is 0. The van der Waals surface area contributed by atoms with Gasteiger partial charge in [0.25, 0.3) is 11.4 Å². The predicted octanol–water partition coefficient (Wildman–Crippen LogP) is 2.20. The van der Waals surface area contributed by atoms with E-state index < -0.39 is 15.3 Å². The molecule has 0 aliphatic heterocycles. The van der Waals surface area contributed by atoms with Crippen LogP contribution < -0.4 is 0 Å². The first-order chi connectivity index (χ1) is 7.23. The van der Waals surface area contributed by atoms with Crippen molar-refractivity contribution in [2.24, 2.45) is 0 Å². The minimum Gasteiger partial charge on any atom is -0.258 e. The van der Waals surface area contributed by atoms with E-state index in [1.807, 2.05) is 0 Å². The van der Waals surface area contributed by atoms with E-state index in [1.165, 1.54) is 0 Å². The lowest BCUT2D eigenvalue weighted by atomic mass is 9.90. The molecule has 1 heterocycles. The lowest BCUT2D eigenvalue weighted by molar-refractivity contribution is -0.395. The van der Waals surface area contributed by atoms with Gasteiger partial charge < -0.3 is 0 Å². The smallest absolute Gasteiger partial charge is 0.258 e. The number of rotatable bonds is 2. The van der Waals surface area contributed by atoms with Crippen molar-refractivity contribution in [3.63, 3.8) is 0 Å². The molecule has 0 atom stereocenters. The van der Waals surface area contributed by atoms with Gasteiger partial charge in [0.15, 0.2) is 0 Å². The zero-order valence-corrected chi connectivity index (χ0v) is 9.13. The molecule has 0 saturated carbocycles. The van der Waals surface area contributed by atoms with Crippen molar-refractivity contribution in [2.75, 3.05) is 0 Å². The van der Waals surface area contributed by atoms with E-state index in [-0.39, 0.29) is 17.1 Å². The van der Waals surface area contributed by atoms with Crippen LogP contribution in [-0.4, -0.2) is 14.8 Å². The molecule has 1 rings (SSSR count). The quantitative estimate of drug-likeness (QED) is 0.567. The van der Waals surface area contributed by atoms with E-state index >= 15 is 0 Å². The zero-order chi connectivity index (χ0) is 12.5. The lowest BCUT2D eigenvalue weighted by Crippen LogP contribution is -2.16. The minimum absolute atomic E-state index is 0.239. The summed E-state index contributed by atoms with van der Waals surface area (Å²) in [6.45, 7) is 5.27. The maximum absolute atomic E-state index is 10.8. The van der Waals surface area contributed by atoms with Crippen LogP contribution in [0.15, 0.2) is 12.3 Å². The monoisotopic (exact) mass is 225 g/mol. The van der Waals surface area contributed by atoms with Crippen LogP contribution in [0.25, 0.3) is 0 Å². The van der Waals surface area contributed by atoms with Crippen molar-refractivity contribution in [1.29, 1.82) is 0 Å². The Balaban J connectivity index is 3.43. The Morgan fingerprint density at radius 1 is 1.19 bits per heavy atom. The van der Waals surface area contributed by atoms with Crippen LogP contribution in [-0.2, 0) is 5.41 Å². The van der Waals surface area contributed by atoms with Gasteiger partial charge in [0, 0.05) is 5.41 Å². The minimum atomic E-state index is -0.702. The summed E-state index contributed by atoms with van der Waals surface area (Å²) in [7, 11) is 0. The van der Waals surface area contributed by atoms with E-state index in [9.17, 15) is 20.2 Å². The van der Waals surface area contributed by atoms with Gasteiger partial charge in [-0.25, -0.2) is 4.98 Å². The van der Waals surface area contributed by atoms with E-state index in [0.29, 0.717) is 0 Å². The molecule has 0 amide bonds. The van der Waals surface area contributed by atoms with Crippen molar-refractivity contribution < 1.29 is 9.85 Å². The Bertz CT molecular complexity index is 451. The van der Waals surface area contributed by atoms with Crippen LogP contribution in [0.5, 0.6) is 0 Å². The molecule has 0 spiro atoms. The molecule has 7 heteroatoms. The first kappa shape index (κ1) is 12.0. The average molecular weight is 225 g/mol. The Kier molecular flexibility index (Phi) is 2.88. The molecule has 0 aromatic carbocycles. The van der Waals surface area contributed by atoms with Gasteiger partial charge in [0.1, 0.15) is 11.9 Å². The highest BCUT2D eigenvalue weighted by atomic mass is 16.6. The third-order valence-electron chi connectivity index (χ3n) is 1.97. The fraction of sp³-hybridized carbons (Fsp3) is 0.444. The largest absolute Gasteiger partial charge is 0.298 e. The molecule has 0 aliphatic carbocycles. The second-order valence-electron chi connectivity index (χ2n) is 4.33. The molecule has 0 aliphatic rings. The molecule has 0 unspecified atom stereocenters. The molecule has 7 nitrogen and oxygen atoms in total. The summed E-state index contributed by atoms with van der Waals surface area (Å²) in [6, 6.07) is 0.938. The number of hydrogen-bond acceptors (Lipinski definition) is 5. The number of nitrogens with zero attached hydrogens (tertiary/aromatic N) is 3. The van der Waals surface area contributed by atoms with Crippen molar-refractivity contribution >= 4 is 11.4 Å². The highest BCUT2D eigenvalue weighted by molar-refractivity contribution is 5.46. The zero-order valence-electron chi connectivity index (χ0n) is 9.13. The van der Waals surface area contributed by atoms with Crippen molar-refractivity contribution in [3.05, 3.63) is 38.2 Å². The molecule has 0 N–H and O–H groups in total. The predicted molar refractivity (Wildman–Crippen MR) is 56.2 cm³/mol. The van der Waals surface area contributed by atoms with Crippen LogP contribution in [0.3, 0.4) is 0 Å². The lowest BCUT2D eigenvalue weighted by Gasteiger charge is -2.16. The number of aromatic nitrogens is 1. The van der Waals surface area contributed by atoms with Crippen LogP contribution in [0.1, 0.15) is 26.5 Å². The van der Waals surface area contributed by atoms with Crippen molar-refractivity contribution in [2.45, 2.75) is 26.2 Å². The highest BCUT2D eigenvalue weighted by Gasteiger charge is 2.28. The van der Waals surface area contributed by atoms with Gasteiger partial charge >= 0.3 is 0 Å². The van der Waals surface area contributed by atoms with Crippen LogP contribution >= 0.6 is 0 Å². The third-order valence-corrected chi connectivity index (χ3v) is 1.97. The third kappa shape index (κ3) is 2.30. The normalized spacial score (nSPS) is 11.2. The van der Waals surface area contributed by atoms with E-state index in [2.05, 4.69) is 4.98 Å².